The number of amides is 1. The lowest BCUT2D eigenvalue weighted by atomic mass is 9.78. The van der Waals surface area contributed by atoms with E-state index in [1.54, 1.807) is 81.4 Å². The van der Waals surface area contributed by atoms with Gasteiger partial charge in [0.1, 0.15) is 11.5 Å². The van der Waals surface area contributed by atoms with Crippen molar-refractivity contribution < 1.29 is 35.9 Å². The fraction of sp³-hybridized carbons (Fsp3) is 0.344. The number of fused-ring (bicyclic) bond motifs is 1. The molecule has 0 aliphatic rings. The number of rotatable bonds is 12. The highest BCUT2D eigenvalue weighted by Crippen LogP contribution is 2.40. The van der Waals surface area contributed by atoms with Gasteiger partial charge in [-0.1, -0.05) is 25.4 Å². The smallest absolute Gasteiger partial charge is 0.491 e. The van der Waals surface area contributed by atoms with Gasteiger partial charge in [0.2, 0.25) is 10.0 Å². The first-order valence-corrected chi connectivity index (χ1v) is 17.0. The van der Waals surface area contributed by atoms with Gasteiger partial charge in [-0.15, -0.1) is 24.5 Å². The minimum absolute atomic E-state index is 0.0621. The summed E-state index contributed by atoms with van der Waals surface area (Å²) in [6, 6.07) is 15.8. The Labute approximate surface area is 275 Å². The van der Waals surface area contributed by atoms with E-state index in [9.17, 15) is 26.4 Å². The van der Waals surface area contributed by atoms with Crippen LogP contribution in [0.25, 0.3) is 10.1 Å². The molecule has 0 aliphatic heterocycles. The summed E-state index contributed by atoms with van der Waals surface area (Å²) < 4.78 is 77.5. The van der Waals surface area contributed by atoms with Crippen molar-refractivity contribution >= 4 is 60.3 Å². The molecule has 8 nitrogen and oxygen atoms in total. The Bertz CT molecular complexity index is 1840. The number of anilines is 2. The minimum atomic E-state index is -4.89. The van der Waals surface area contributed by atoms with Gasteiger partial charge in [0.05, 0.1) is 16.7 Å². The van der Waals surface area contributed by atoms with Gasteiger partial charge < -0.3 is 19.7 Å². The molecule has 0 spiro atoms. The van der Waals surface area contributed by atoms with Crippen LogP contribution in [0.15, 0.2) is 60.7 Å². The molecule has 4 aromatic rings. The summed E-state index contributed by atoms with van der Waals surface area (Å²) in [6.45, 7) is 7.52. The van der Waals surface area contributed by atoms with E-state index in [4.69, 9.17) is 16.3 Å². The zero-order valence-corrected chi connectivity index (χ0v) is 28.5. The highest BCUT2D eigenvalue weighted by Gasteiger charge is 2.33. The van der Waals surface area contributed by atoms with Crippen LogP contribution < -0.4 is 19.5 Å². The molecule has 46 heavy (non-hydrogen) atoms. The third-order valence-electron chi connectivity index (χ3n) is 6.91. The molecule has 0 radical (unpaired) electrons. The van der Waals surface area contributed by atoms with E-state index in [2.05, 4.69) is 14.8 Å². The number of carbonyl (C=O) groups is 1. The van der Waals surface area contributed by atoms with Crippen LogP contribution in [0.1, 0.15) is 48.5 Å². The third kappa shape index (κ3) is 9.50. The van der Waals surface area contributed by atoms with Gasteiger partial charge in [0, 0.05) is 39.1 Å². The Kier molecular flexibility index (Phi) is 10.5. The number of alkyl halides is 3. The maximum Gasteiger partial charge on any atom is 0.573 e. The van der Waals surface area contributed by atoms with Crippen molar-refractivity contribution in [2.24, 2.45) is 0 Å². The number of thiophene rings is 1. The van der Waals surface area contributed by atoms with Crippen LogP contribution in [0, 0.1) is 0 Å². The van der Waals surface area contributed by atoms with Crippen LogP contribution in [0.5, 0.6) is 11.5 Å². The number of hydrogen-bond donors (Lipinski definition) is 2. The number of benzene rings is 3. The summed E-state index contributed by atoms with van der Waals surface area (Å²) in [5.41, 5.74) is 0.982. The molecule has 0 saturated carbocycles. The molecule has 0 atom stereocenters. The lowest BCUT2D eigenvalue weighted by Gasteiger charge is -2.28. The van der Waals surface area contributed by atoms with Crippen LogP contribution in [0.2, 0.25) is 5.02 Å². The number of nitrogens with zero attached hydrogens (tertiary/aromatic N) is 1. The quantitative estimate of drug-likeness (QED) is 0.155. The van der Waals surface area contributed by atoms with E-state index in [1.165, 1.54) is 23.5 Å². The SMILES string of the molecule is CC(C)Oc1cc(OC(F)(F)F)cc(C(C)(C)c2cc(Cl)cc(NC(=O)c3cc4cc(NS(=O)(=O)CCN(C)C)ccc4s3)c2)c1. The maximum absolute atomic E-state index is 13.3. The first-order valence-electron chi connectivity index (χ1n) is 14.2. The molecule has 1 heterocycles. The van der Waals surface area contributed by atoms with E-state index >= 15 is 0 Å². The van der Waals surface area contributed by atoms with Crippen LogP contribution in [0.4, 0.5) is 24.5 Å². The number of ether oxygens (including phenoxy) is 2. The zero-order valence-electron chi connectivity index (χ0n) is 26.1. The number of nitrogens with one attached hydrogen (secondary N) is 2. The largest absolute Gasteiger partial charge is 0.573 e. The monoisotopic (exact) mass is 697 g/mol. The van der Waals surface area contributed by atoms with Gasteiger partial charge >= 0.3 is 6.36 Å². The first-order chi connectivity index (χ1) is 21.3. The number of carbonyl (C=O) groups excluding carboxylic acids is 1. The van der Waals surface area contributed by atoms with Gasteiger partial charge in [-0.3, -0.25) is 9.52 Å². The Morgan fingerprint density at radius 2 is 1.63 bits per heavy atom. The average Bonchev–Trinajstić information content (AvgIpc) is 3.34. The van der Waals surface area contributed by atoms with E-state index in [-0.39, 0.29) is 17.6 Å². The predicted octanol–water partition coefficient (Wildman–Crippen LogP) is 8.12. The molecule has 0 fully saturated rings. The highest BCUT2D eigenvalue weighted by molar-refractivity contribution is 7.92. The third-order valence-corrected chi connectivity index (χ3v) is 9.50. The van der Waals surface area contributed by atoms with Crippen molar-refractivity contribution in [1.29, 1.82) is 0 Å². The highest BCUT2D eigenvalue weighted by atomic mass is 35.5. The molecular formula is C32H35ClF3N3O5S2. The summed E-state index contributed by atoms with van der Waals surface area (Å²) in [6.07, 6.45) is -5.18. The fourth-order valence-corrected chi connectivity index (χ4v) is 6.97. The van der Waals surface area contributed by atoms with Crippen molar-refractivity contribution in [3.63, 3.8) is 0 Å². The number of hydrogen-bond acceptors (Lipinski definition) is 7. The molecule has 1 amide bonds. The number of sulfonamides is 1. The Hall–Kier alpha value is -3.52. The zero-order chi connectivity index (χ0) is 34.0. The molecule has 0 bridgehead atoms. The molecular weight excluding hydrogens is 663 g/mol. The van der Waals surface area contributed by atoms with Crippen molar-refractivity contribution in [2.45, 2.75) is 45.6 Å². The van der Waals surface area contributed by atoms with Gasteiger partial charge in [0.25, 0.3) is 5.91 Å². The average molecular weight is 698 g/mol. The molecule has 0 unspecified atom stereocenters. The Balaban J connectivity index is 1.59. The summed E-state index contributed by atoms with van der Waals surface area (Å²) in [5, 5.41) is 3.86. The lowest BCUT2D eigenvalue weighted by molar-refractivity contribution is -0.274. The van der Waals surface area contributed by atoms with Crippen molar-refractivity contribution in [2.75, 3.05) is 36.4 Å². The second kappa shape index (κ2) is 13.7. The first kappa shape index (κ1) is 35.3. The summed E-state index contributed by atoms with van der Waals surface area (Å²) in [5.74, 6) is -0.676. The van der Waals surface area contributed by atoms with Crippen LogP contribution in [-0.2, 0) is 15.4 Å². The number of halogens is 4. The molecule has 0 aliphatic carbocycles. The second-order valence-corrected chi connectivity index (χ2v) is 15.2. The maximum atomic E-state index is 13.3. The van der Waals surface area contributed by atoms with E-state index in [0.29, 0.717) is 44.3 Å². The van der Waals surface area contributed by atoms with Gasteiger partial charge in [0.15, 0.2) is 0 Å². The lowest BCUT2D eigenvalue weighted by Crippen LogP contribution is -2.26. The van der Waals surface area contributed by atoms with Gasteiger partial charge in [-0.2, -0.15) is 0 Å². The van der Waals surface area contributed by atoms with Crippen molar-refractivity contribution in [3.05, 3.63) is 81.7 Å². The van der Waals surface area contributed by atoms with Gasteiger partial charge in [-0.05, 0) is 99.1 Å². The Morgan fingerprint density at radius 3 is 2.28 bits per heavy atom. The summed E-state index contributed by atoms with van der Waals surface area (Å²) in [7, 11) is 0.0305. The van der Waals surface area contributed by atoms with E-state index < -0.39 is 33.5 Å². The van der Waals surface area contributed by atoms with Crippen LogP contribution >= 0.6 is 22.9 Å². The Morgan fingerprint density at radius 1 is 0.957 bits per heavy atom. The molecule has 3 aromatic carbocycles. The molecule has 248 valence electrons. The van der Waals surface area contributed by atoms with Gasteiger partial charge in [-0.25, -0.2) is 8.42 Å². The van der Waals surface area contributed by atoms with Crippen molar-refractivity contribution in [1.82, 2.24) is 4.90 Å². The topological polar surface area (TPSA) is 97.0 Å². The summed E-state index contributed by atoms with van der Waals surface area (Å²) >= 11 is 7.70. The second-order valence-electron chi connectivity index (χ2n) is 11.8. The van der Waals surface area contributed by atoms with Crippen LogP contribution in [-0.4, -0.2) is 58.1 Å². The summed E-state index contributed by atoms with van der Waals surface area (Å²) in [4.78, 5) is 15.5. The fourth-order valence-electron chi connectivity index (χ4n) is 4.60. The predicted molar refractivity (Wildman–Crippen MR) is 178 cm³/mol. The van der Waals surface area contributed by atoms with E-state index in [1.807, 2.05) is 13.8 Å². The molecule has 1 aromatic heterocycles. The van der Waals surface area contributed by atoms with Crippen molar-refractivity contribution in [3.8, 4) is 11.5 Å². The molecule has 14 heteroatoms. The standard InChI is InChI=1S/C32H35ClF3N3O5S2/c1-19(2)43-26-15-22(16-27(18-26)44-32(34,35)36)31(3,4)21-13-23(33)17-25(14-21)37-30(40)29-12-20-11-24(7-8-28(20)45-29)38-46(41,42)10-9-39(5)6/h7-8,11-19,38H,9-10H2,1-6H3,(H,37,40). The molecule has 0 saturated heterocycles. The normalized spacial score (nSPS) is 12.5. The van der Waals surface area contributed by atoms with Crippen LogP contribution in [0.3, 0.4) is 0 Å². The van der Waals surface area contributed by atoms with E-state index in [0.717, 1.165) is 4.70 Å². The minimum Gasteiger partial charge on any atom is -0.491 e. The molecule has 2 N–H and O–H groups in total. The molecule has 4 rings (SSSR count).